The zero-order chi connectivity index (χ0) is 27.1. The van der Waals surface area contributed by atoms with E-state index in [4.69, 9.17) is 9.47 Å². The molecule has 2 rings (SSSR count). The smallest absolute Gasteiger partial charge is 0.408 e. The van der Waals surface area contributed by atoms with Gasteiger partial charge < -0.3 is 20.1 Å². The van der Waals surface area contributed by atoms with Crippen molar-refractivity contribution in [3.05, 3.63) is 83.9 Å². The third kappa shape index (κ3) is 8.29. The Bertz CT molecular complexity index is 1120. The average Bonchev–Trinajstić information content (AvgIpc) is 2.78. The van der Waals surface area contributed by atoms with Gasteiger partial charge in [-0.15, -0.1) is 0 Å². The number of ether oxygens (including phenoxy) is 2. The molecule has 2 N–H and O–H groups in total. The van der Waals surface area contributed by atoms with Crippen LogP contribution >= 0.6 is 0 Å². The van der Waals surface area contributed by atoms with Gasteiger partial charge in [-0.25, -0.2) is 9.59 Å². The molecule has 0 spiro atoms. The quantitative estimate of drug-likeness (QED) is 0.369. The molecule has 0 radical (unpaired) electrons. The summed E-state index contributed by atoms with van der Waals surface area (Å²) in [6.07, 6.45) is -1.12. The lowest BCUT2D eigenvalue weighted by Crippen LogP contribution is -2.42. The molecule has 0 saturated heterocycles. The van der Waals surface area contributed by atoms with E-state index in [0.29, 0.717) is 6.42 Å². The summed E-state index contributed by atoms with van der Waals surface area (Å²) < 4.78 is 10.8. The van der Waals surface area contributed by atoms with Crippen molar-refractivity contribution in [2.45, 2.75) is 72.1 Å². The Morgan fingerprint density at radius 1 is 0.833 bits per heavy atom. The van der Waals surface area contributed by atoms with E-state index in [0.717, 1.165) is 33.4 Å². The molecule has 0 aromatic heterocycles. The molecular formula is C30H40N2O4. The topological polar surface area (TPSA) is 76.7 Å². The van der Waals surface area contributed by atoms with Crippen LogP contribution in [0.3, 0.4) is 0 Å². The minimum Gasteiger partial charge on any atom is -0.449 e. The summed E-state index contributed by atoms with van der Waals surface area (Å²) in [6.45, 7) is 21.4. The highest BCUT2D eigenvalue weighted by molar-refractivity contribution is 5.70. The first kappa shape index (κ1) is 28.7. The van der Waals surface area contributed by atoms with Crippen molar-refractivity contribution >= 4 is 23.3 Å². The Balaban J connectivity index is 1.83. The lowest BCUT2D eigenvalue weighted by Gasteiger charge is -2.28. The van der Waals surface area contributed by atoms with Gasteiger partial charge in [-0.05, 0) is 82.9 Å². The lowest BCUT2D eigenvalue weighted by atomic mass is 9.92. The third-order valence-electron chi connectivity index (χ3n) is 6.05. The highest BCUT2D eigenvalue weighted by atomic mass is 16.6. The van der Waals surface area contributed by atoms with Gasteiger partial charge in [-0.3, -0.25) is 0 Å². The molecule has 0 fully saturated rings. The van der Waals surface area contributed by atoms with Crippen LogP contribution in [0, 0.1) is 0 Å². The Kier molecular flexibility index (Phi) is 9.51. The fraction of sp³-hybridized carbons (Fsp3) is 0.400. The molecule has 36 heavy (non-hydrogen) atoms. The van der Waals surface area contributed by atoms with Crippen LogP contribution in [0.4, 0.5) is 9.59 Å². The fourth-order valence-electron chi connectivity index (χ4n) is 3.63. The molecule has 2 aromatic carbocycles. The molecule has 6 heteroatoms. The van der Waals surface area contributed by atoms with Crippen molar-refractivity contribution in [1.29, 1.82) is 0 Å². The van der Waals surface area contributed by atoms with Gasteiger partial charge in [0.15, 0.2) is 0 Å². The minimum absolute atomic E-state index is 0.117. The standard InChI is InChI=1S/C30H40N2O4/c1-20(2)23-12-10-14-25(18-23)29(6,7)31-27(33)35-17-16-22(5)36-28(34)32-30(8,9)26-15-11-13-24(19-26)21(3)4/h10-15,18-19,22H,1,3,16-17H2,2,4-9H3,(H,31,33)(H,32,34). The monoisotopic (exact) mass is 492 g/mol. The first-order valence-electron chi connectivity index (χ1n) is 12.2. The van der Waals surface area contributed by atoms with Crippen molar-refractivity contribution in [2.75, 3.05) is 6.61 Å². The number of amides is 2. The van der Waals surface area contributed by atoms with Gasteiger partial charge in [-0.2, -0.15) is 0 Å². The second-order valence-corrected chi connectivity index (χ2v) is 10.4. The van der Waals surface area contributed by atoms with Gasteiger partial charge >= 0.3 is 12.2 Å². The molecule has 6 nitrogen and oxygen atoms in total. The van der Waals surface area contributed by atoms with Crippen LogP contribution in [0.2, 0.25) is 0 Å². The van der Waals surface area contributed by atoms with Gasteiger partial charge in [0.05, 0.1) is 17.7 Å². The van der Waals surface area contributed by atoms with Gasteiger partial charge in [0.25, 0.3) is 0 Å². The molecule has 0 aliphatic heterocycles. The zero-order valence-electron chi connectivity index (χ0n) is 22.7. The Labute approximate surface area is 215 Å². The normalized spacial score (nSPS) is 12.3. The zero-order valence-corrected chi connectivity index (χ0v) is 22.7. The molecule has 1 unspecified atom stereocenters. The number of alkyl carbamates (subject to hydrolysis) is 2. The van der Waals surface area contributed by atoms with Gasteiger partial charge in [0.2, 0.25) is 0 Å². The first-order valence-corrected chi connectivity index (χ1v) is 12.2. The minimum atomic E-state index is -0.633. The van der Waals surface area contributed by atoms with Crippen LogP contribution in [0.1, 0.15) is 77.1 Å². The Hall–Kier alpha value is -3.54. The number of benzene rings is 2. The average molecular weight is 493 g/mol. The maximum atomic E-state index is 12.5. The maximum Gasteiger partial charge on any atom is 0.408 e. The van der Waals surface area contributed by atoms with E-state index in [1.165, 1.54) is 0 Å². The predicted molar refractivity (Wildman–Crippen MR) is 147 cm³/mol. The number of hydrogen-bond acceptors (Lipinski definition) is 4. The molecule has 0 aliphatic rings. The van der Waals surface area contributed by atoms with Crippen LogP contribution in [0.25, 0.3) is 11.1 Å². The summed E-state index contributed by atoms with van der Waals surface area (Å²) in [5, 5.41) is 5.81. The van der Waals surface area contributed by atoms with E-state index < -0.39 is 29.4 Å². The van der Waals surface area contributed by atoms with E-state index in [2.05, 4.69) is 23.8 Å². The number of rotatable bonds is 10. The van der Waals surface area contributed by atoms with Gasteiger partial charge in [0, 0.05) is 6.42 Å². The summed E-state index contributed by atoms with van der Waals surface area (Å²) in [7, 11) is 0. The SMILES string of the molecule is C=C(C)c1cccc(C(C)(C)NC(=O)OCCC(C)OC(=O)NC(C)(C)c2cccc(C(=C)C)c2)c1. The second-order valence-electron chi connectivity index (χ2n) is 10.4. The van der Waals surface area contributed by atoms with Gasteiger partial charge in [0.1, 0.15) is 6.10 Å². The van der Waals surface area contributed by atoms with Crippen LogP contribution in [-0.2, 0) is 20.6 Å². The Morgan fingerprint density at radius 3 is 1.72 bits per heavy atom. The van der Waals surface area contributed by atoms with E-state index in [1.807, 2.05) is 90.1 Å². The third-order valence-corrected chi connectivity index (χ3v) is 6.05. The van der Waals surface area contributed by atoms with Crippen LogP contribution in [-0.4, -0.2) is 24.9 Å². The van der Waals surface area contributed by atoms with Gasteiger partial charge in [-0.1, -0.05) is 60.7 Å². The number of allylic oxidation sites excluding steroid dienone is 2. The van der Waals surface area contributed by atoms with Crippen molar-refractivity contribution in [3.63, 3.8) is 0 Å². The second kappa shape index (κ2) is 11.9. The number of nitrogens with one attached hydrogen (secondary N) is 2. The Morgan fingerprint density at radius 2 is 1.28 bits per heavy atom. The summed E-state index contributed by atoms with van der Waals surface area (Å²) in [5.74, 6) is 0. The molecule has 0 bridgehead atoms. The summed E-state index contributed by atoms with van der Waals surface area (Å²) in [5.41, 5.74) is 4.59. The van der Waals surface area contributed by atoms with E-state index in [1.54, 1.807) is 6.92 Å². The van der Waals surface area contributed by atoms with E-state index in [9.17, 15) is 9.59 Å². The van der Waals surface area contributed by atoms with Crippen molar-refractivity contribution in [2.24, 2.45) is 0 Å². The van der Waals surface area contributed by atoms with Crippen LogP contribution in [0.5, 0.6) is 0 Å². The highest BCUT2D eigenvalue weighted by Crippen LogP contribution is 2.25. The first-order chi connectivity index (χ1) is 16.7. The number of hydrogen-bond donors (Lipinski definition) is 2. The molecule has 2 aromatic rings. The molecule has 0 heterocycles. The highest BCUT2D eigenvalue weighted by Gasteiger charge is 2.26. The molecule has 2 amide bonds. The number of carbonyl (C=O) groups excluding carboxylic acids is 2. The van der Waals surface area contributed by atoms with E-state index in [-0.39, 0.29) is 6.61 Å². The fourth-order valence-corrected chi connectivity index (χ4v) is 3.63. The summed E-state index contributed by atoms with van der Waals surface area (Å²) in [4.78, 5) is 24.9. The predicted octanol–water partition coefficient (Wildman–Crippen LogP) is 7.15. The largest absolute Gasteiger partial charge is 0.449 e. The van der Waals surface area contributed by atoms with Crippen LogP contribution < -0.4 is 10.6 Å². The van der Waals surface area contributed by atoms with Crippen molar-refractivity contribution < 1.29 is 19.1 Å². The lowest BCUT2D eigenvalue weighted by molar-refractivity contribution is 0.0750. The van der Waals surface area contributed by atoms with Crippen molar-refractivity contribution in [1.82, 2.24) is 10.6 Å². The maximum absolute atomic E-state index is 12.5. The molecular weight excluding hydrogens is 452 g/mol. The molecule has 194 valence electrons. The van der Waals surface area contributed by atoms with Crippen LogP contribution in [0.15, 0.2) is 61.7 Å². The molecule has 0 saturated carbocycles. The van der Waals surface area contributed by atoms with E-state index >= 15 is 0 Å². The summed E-state index contributed by atoms with van der Waals surface area (Å²) >= 11 is 0. The van der Waals surface area contributed by atoms with Crippen molar-refractivity contribution in [3.8, 4) is 0 Å². The summed E-state index contributed by atoms with van der Waals surface area (Å²) in [6, 6.07) is 15.8. The molecule has 1 atom stereocenters. The number of carbonyl (C=O) groups is 2. The molecule has 0 aliphatic carbocycles.